The second kappa shape index (κ2) is 11.6. The van der Waals surface area contributed by atoms with Gasteiger partial charge in [0.1, 0.15) is 6.61 Å². The first kappa shape index (κ1) is 27.6. The standard InChI is InChI=1S/C33H35NO6/c1-4-38-31(36)33(20-23-14-8-5-9-15-23)28(24-16-10-6-11-17-24)27(29(40-33)25-18-12-7-13-19-25)30(35)34-26(22(2)3)21-39-32(34)37/h5-19,22,26-29H,4,20-21H2,1-3H3/t26-,27+,28+,29+,33+/m1/s1. The van der Waals surface area contributed by atoms with Gasteiger partial charge in [0.15, 0.2) is 5.60 Å². The van der Waals surface area contributed by atoms with Gasteiger partial charge in [-0.05, 0) is 29.5 Å². The number of amides is 2. The van der Waals surface area contributed by atoms with E-state index in [9.17, 15) is 14.4 Å². The molecule has 2 fully saturated rings. The van der Waals surface area contributed by atoms with E-state index in [0.717, 1.165) is 16.7 Å². The molecule has 0 saturated carbocycles. The van der Waals surface area contributed by atoms with E-state index in [4.69, 9.17) is 14.2 Å². The molecule has 0 radical (unpaired) electrons. The maximum absolute atomic E-state index is 14.7. The fraction of sp³-hybridized carbons (Fsp3) is 0.364. The largest absolute Gasteiger partial charge is 0.464 e. The molecular weight excluding hydrogens is 506 g/mol. The lowest BCUT2D eigenvalue weighted by Gasteiger charge is -2.35. The molecule has 3 aromatic rings. The third kappa shape index (κ3) is 5.02. The average molecular weight is 542 g/mol. The second-order valence-electron chi connectivity index (χ2n) is 10.7. The van der Waals surface area contributed by atoms with Crippen LogP contribution >= 0.6 is 0 Å². The zero-order chi connectivity index (χ0) is 28.3. The Morgan fingerprint density at radius 3 is 2.08 bits per heavy atom. The van der Waals surface area contributed by atoms with Crippen LogP contribution in [0.2, 0.25) is 0 Å². The Hall–Kier alpha value is -3.97. The van der Waals surface area contributed by atoms with Gasteiger partial charge in [0.05, 0.1) is 24.7 Å². The fourth-order valence-corrected chi connectivity index (χ4v) is 6.06. The molecule has 0 unspecified atom stereocenters. The van der Waals surface area contributed by atoms with Crippen molar-refractivity contribution in [3.63, 3.8) is 0 Å². The Kier molecular flexibility index (Phi) is 8.03. The number of carbonyl (C=O) groups excluding carboxylic acids is 3. The van der Waals surface area contributed by atoms with Gasteiger partial charge in [-0.1, -0.05) is 105 Å². The topological polar surface area (TPSA) is 82.1 Å². The van der Waals surface area contributed by atoms with Crippen LogP contribution in [0.1, 0.15) is 49.5 Å². The predicted molar refractivity (Wildman–Crippen MR) is 149 cm³/mol. The first-order valence-corrected chi connectivity index (χ1v) is 13.9. The lowest BCUT2D eigenvalue weighted by Crippen LogP contribution is -2.50. The number of ether oxygens (including phenoxy) is 3. The lowest BCUT2D eigenvalue weighted by molar-refractivity contribution is -0.172. The van der Waals surface area contributed by atoms with E-state index >= 15 is 0 Å². The summed E-state index contributed by atoms with van der Waals surface area (Å²) in [6.45, 7) is 5.96. The van der Waals surface area contributed by atoms with Crippen LogP contribution in [0.3, 0.4) is 0 Å². The fourth-order valence-electron chi connectivity index (χ4n) is 6.06. The molecule has 2 aliphatic heterocycles. The van der Waals surface area contributed by atoms with Gasteiger partial charge in [0, 0.05) is 12.3 Å². The number of cyclic esters (lactones) is 1. The summed E-state index contributed by atoms with van der Waals surface area (Å²) < 4.78 is 17.9. The lowest BCUT2D eigenvalue weighted by atomic mass is 9.71. The molecule has 5 atom stereocenters. The summed E-state index contributed by atoms with van der Waals surface area (Å²) in [5.74, 6) is -2.60. The van der Waals surface area contributed by atoms with Crippen molar-refractivity contribution in [2.24, 2.45) is 11.8 Å². The van der Waals surface area contributed by atoms with Crippen LogP contribution in [0.5, 0.6) is 0 Å². The maximum Gasteiger partial charge on any atom is 0.416 e. The minimum atomic E-state index is -1.53. The summed E-state index contributed by atoms with van der Waals surface area (Å²) in [5, 5.41) is 0. The molecule has 3 aromatic carbocycles. The quantitative estimate of drug-likeness (QED) is 0.340. The third-order valence-electron chi connectivity index (χ3n) is 7.94. The summed E-state index contributed by atoms with van der Waals surface area (Å²) in [6, 6.07) is 28.1. The molecule has 40 heavy (non-hydrogen) atoms. The molecule has 208 valence electrons. The normalized spacial score (nSPS) is 26.1. The van der Waals surface area contributed by atoms with Crippen molar-refractivity contribution in [2.45, 2.75) is 50.9 Å². The Labute approximate surface area is 235 Å². The Morgan fingerprint density at radius 2 is 1.50 bits per heavy atom. The van der Waals surface area contributed by atoms with Crippen LogP contribution in [0.25, 0.3) is 0 Å². The van der Waals surface area contributed by atoms with E-state index in [-0.39, 0.29) is 25.6 Å². The van der Waals surface area contributed by atoms with E-state index in [2.05, 4.69) is 0 Å². The molecule has 0 N–H and O–H groups in total. The van der Waals surface area contributed by atoms with Crippen LogP contribution in [-0.4, -0.2) is 47.7 Å². The molecule has 0 spiro atoms. The van der Waals surface area contributed by atoms with Crippen LogP contribution < -0.4 is 0 Å². The summed E-state index contributed by atoms with van der Waals surface area (Å²) >= 11 is 0. The Bertz CT molecular complexity index is 1330. The molecule has 0 aliphatic carbocycles. The first-order valence-electron chi connectivity index (χ1n) is 13.9. The molecular formula is C33H35NO6. The summed E-state index contributed by atoms with van der Waals surface area (Å²) in [5.41, 5.74) is 0.847. The molecule has 7 nitrogen and oxygen atoms in total. The highest BCUT2D eigenvalue weighted by Gasteiger charge is 2.64. The molecule has 2 amide bonds. The van der Waals surface area contributed by atoms with Gasteiger partial charge in [-0.15, -0.1) is 0 Å². The van der Waals surface area contributed by atoms with Gasteiger partial charge in [0.25, 0.3) is 0 Å². The number of rotatable bonds is 8. The smallest absolute Gasteiger partial charge is 0.416 e. The molecule has 2 aliphatic rings. The van der Waals surface area contributed by atoms with Crippen molar-refractivity contribution in [1.82, 2.24) is 4.90 Å². The Morgan fingerprint density at radius 1 is 0.925 bits per heavy atom. The van der Waals surface area contributed by atoms with Gasteiger partial charge in [0.2, 0.25) is 5.91 Å². The van der Waals surface area contributed by atoms with Crippen LogP contribution in [0, 0.1) is 11.8 Å². The van der Waals surface area contributed by atoms with Gasteiger partial charge in [-0.3, -0.25) is 4.79 Å². The van der Waals surface area contributed by atoms with Crippen LogP contribution in [0.15, 0.2) is 91.0 Å². The number of benzene rings is 3. The monoisotopic (exact) mass is 541 g/mol. The van der Waals surface area contributed by atoms with Crippen molar-refractivity contribution in [1.29, 1.82) is 0 Å². The number of hydrogen-bond donors (Lipinski definition) is 0. The number of nitrogens with zero attached hydrogens (tertiary/aromatic N) is 1. The van der Waals surface area contributed by atoms with Gasteiger partial charge in [-0.25, -0.2) is 14.5 Å². The van der Waals surface area contributed by atoms with Crippen LogP contribution in [-0.2, 0) is 30.2 Å². The van der Waals surface area contributed by atoms with Crippen molar-refractivity contribution in [3.05, 3.63) is 108 Å². The molecule has 2 heterocycles. The summed E-state index contributed by atoms with van der Waals surface area (Å²) in [6.07, 6.45) is -1.29. The summed E-state index contributed by atoms with van der Waals surface area (Å²) in [7, 11) is 0. The molecule has 7 heteroatoms. The first-order chi connectivity index (χ1) is 19.4. The van der Waals surface area contributed by atoms with Gasteiger partial charge >= 0.3 is 12.1 Å². The molecule has 0 bridgehead atoms. The van der Waals surface area contributed by atoms with E-state index in [0.29, 0.717) is 0 Å². The zero-order valence-corrected chi connectivity index (χ0v) is 23.1. The SMILES string of the molecule is CCOC(=O)[C@@]1(Cc2ccccc2)O[C@@H](c2ccccc2)[C@@H](C(=O)N2C(=O)OC[C@@H]2C(C)C)[C@@H]1c1ccccc1. The highest BCUT2D eigenvalue weighted by molar-refractivity contribution is 5.97. The Balaban J connectivity index is 1.74. The summed E-state index contributed by atoms with van der Waals surface area (Å²) in [4.78, 5) is 43.0. The van der Waals surface area contributed by atoms with E-state index < -0.39 is 47.6 Å². The van der Waals surface area contributed by atoms with Gasteiger partial charge < -0.3 is 14.2 Å². The average Bonchev–Trinajstić information content (AvgIpc) is 3.53. The number of esters is 1. The van der Waals surface area contributed by atoms with Crippen molar-refractivity contribution in [3.8, 4) is 0 Å². The van der Waals surface area contributed by atoms with Crippen molar-refractivity contribution < 1.29 is 28.6 Å². The van der Waals surface area contributed by atoms with Crippen LogP contribution in [0.4, 0.5) is 4.79 Å². The second-order valence-corrected chi connectivity index (χ2v) is 10.7. The molecule has 0 aromatic heterocycles. The zero-order valence-electron chi connectivity index (χ0n) is 23.1. The number of imide groups is 1. The minimum Gasteiger partial charge on any atom is -0.464 e. The van der Waals surface area contributed by atoms with Crippen molar-refractivity contribution >= 4 is 18.0 Å². The molecule has 2 saturated heterocycles. The van der Waals surface area contributed by atoms with E-state index in [1.54, 1.807) is 6.92 Å². The number of carbonyl (C=O) groups is 3. The van der Waals surface area contributed by atoms with Crippen molar-refractivity contribution in [2.75, 3.05) is 13.2 Å². The predicted octanol–water partition coefficient (Wildman–Crippen LogP) is 5.71. The number of hydrogen-bond acceptors (Lipinski definition) is 6. The van der Waals surface area contributed by atoms with E-state index in [1.165, 1.54) is 4.90 Å². The van der Waals surface area contributed by atoms with E-state index in [1.807, 2.05) is 105 Å². The molecule has 5 rings (SSSR count). The highest BCUT2D eigenvalue weighted by atomic mass is 16.6. The highest BCUT2D eigenvalue weighted by Crippen LogP contribution is 2.56. The van der Waals surface area contributed by atoms with Gasteiger partial charge in [-0.2, -0.15) is 0 Å². The maximum atomic E-state index is 14.7. The minimum absolute atomic E-state index is 0.0118. The third-order valence-corrected chi connectivity index (χ3v) is 7.94.